The van der Waals surface area contributed by atoms with Crippen LogP contribution in [0, 0.1) is 3.57 Å². The van der Waals surface area contributed by atoms with Gasteiger partial charge in [-0.1, -0.05) is 27.7 Å². The number of aromatic amines is 1. The first-order valence-corrected chi connectivity index (χ1v) is 5.35. The summed E-state index contributed by atoms with van der Waals surface area (Å²) in [5.41, 5.74) is 2.46. The molecular weight excluding hydrogens is 263 g/mol. The molecule has 0 unspecified atom stereocenters. The highest BCUT2D eigenvalue weighted by atomic mass is 127. The van der Waals surface area contributed by atoms with Gasteiger partial charge in [-0.2, -0.15) is 5.10 Å². The molecule has 68 valence electrons. The molecule has 0 saturated heterocycles. The van der Waals surface area contributed by atoms with Crippen LogP contribution in [0.1, 0.15) is 50.9 Å². The minimum Gasteiger partial charge on any atom is -0.281 e. The summed E-state index contributed by atoms with van der Waals surface area (Å²) in [5.74, 6) is 1.05. The highest BCUT2D eigenvalue weighted by Crippen LogP contribution is 2.25. The topological polar surface area (TPSA) is 28.7 Å². The van der Waals surface area contributed by atoms with E-state index >= 15 is 0 Å². The first kappa shape index (κ1) is 10.0. The van der Waals surface area contributed by atoms with Crippen molar-refractivity contribution in [2.45, 2.75) is 39.5 Å². The summed E-state index contributed by atoms with van der Waals surface area (Å²) < 4.78 is 1.30. The smallest absolute Gasteiger partial charge is 0.0783 e. The van der Waals surface area contributed by atoms with Crippen molar-refractivity contribution in [3.8, 4) is 0 Å². The van der Waals surface area contributed by atoms with E-state index in [9.17, 15) is 0 Å². The Bertz CT molecular complexity index is 238. The lowest BCUT2D eigenvalue weighted by molar-refractivity contribution is 0.791. The first-order chi connectivity index (χ1) is 5.54. The molecule has 0 radical (unpaired) electrons. The number of nitrogens with zero attached hydrogens (tertiary/aromatic N) is 1. The van der Waals surface area contributed by atoms with Crippen molar-refractivity contribution < 1.29 is 0 Å². The van der Waals surface area contributed by atoms with Crippen LogP contribution in [0.4, 0.5) is 0 Å². The minimum atomic E-state index is 0.514. The third-order valence-electron chi connectivity index (χ3n) is 1.88. The molecule has 1 aromatic rings. The van der Waals surface area contributed by atoms with Gasteiger partial charge >= 0.3 is 0 Å². The standard InChI is InChI=1S/C9H15IN2/c1-5(2)8-7(10)9(6(3)4)12-11-8/h5-6H,1-4H3,(H,11,12). The fourth-order valence-corrected chi connectivity index (χ4v) is 2.61. The summed E-state index contributed by atoms with van der Waals surface area (Å²) in [4.78, 5) is 0. The number of nitrogens with one attached hydrogen (secondary N) is 1. The van der Waals surface area contributed by atoms with E-state index in [1.165, 1.54) is 15.0 Å². The molecule has 1 heterocycles. The third-order valence-corrected chi connectivity index (χ3v) is 3.02. The van der Waals surface area contributed by atoms with Gasteiger partial charge in [0, 0.05) is 0 Å². The molecule has 0 bridgehead atoms. The molecule has 1 N–H and O–H groups in total. The fourth-order valence-electron chi connectivity index (χ4n) is 1.12. The second-order valence-corrected chi connectivity index (χ2v) is 4.72. The lowest BCUT2D eigenvalue weighted by Gasteiger charge is -2.03. The van der Waals surface area contributed by atoms with Crippen LogP contribution in [-0.2, 0) is 0 Å². The number of halogens is 1. The van der Waals surface area contributed by atoms with Crippen molar-refractivity contribution in [1.82, 2.24) is 10.2 Å². The van der Waals surface area contributed by atoms with Gasteiger partial charge in [-0.15, -0.1) is 0 Å². The molecule has 0 saturated carbocycles. The van der Waals surface area contributed by atoms with Crippen molar-refractivity contribution in [1.29, 1.82) is 0 Å². The summed E-state index contributed by atoms with van der Waals surface area (Å²) in [6.07, 6.45) is 0. The first-order valence-electron chi connectivity index (χ1n) is 4.27. The molecule has 2 nitrogen and oxygen atoms in total. The average Bonchev–Trinajstić information content (AvgIpc) is 2.30. The molecule has 0 spiro atoms. The molecule has 3 heteroatoms. The van der Waals surface area contributed by atoms with Crippen LogP contribution in [0.15, 0.2) is 0 Å². The molecule has 1 rings (SSSR count). The van der Waals surface area contributed by atoms with E-state index in [-0.39, 0.29) is 0 Å². The van der Waals surface area contributed by atoms with Crippen molar-refractivity contribution in [3.05, 3.63) is 15.0 Å². The number of aromatic nitrogens is 2. The third kappa shape index (κ3) is 1.81. The molecule has 0 fully saturated rings. The molecule has 0 amide bonds. The lowest BCUT2D eigenvalue weighted by atomic mass is 10.1. The van der Waals surface area contributed by atoms with Gasteiger partial charge in [0.25, 0.3) is 0 Å². The van der Waals surface area contributed by atoms with Crippen LogP contribution in [0.25, 0.3) is 0 Å². The zero-order valence-electron chi connectivity index (χ0n) is 7.98. The van der Waals surface area contributed by atoms with Crippen molar-refractivity contribution in [2.24, 2.45) is 0 Å². The molecule has 0 aromatic carbocycles. The van der Waals surface area contributed by atoms with E-state index in [0.29, 0.717) is 11.8 Å². The van der Waals surface area contributed by atoms with E-state index < -0.39 is 0 Å². The summed E-state index contributed by atoms with van der Waals surface area (Å²) in [6.45, 7) is 8.70. The Morgan fingerprint density at radius 3 is 2.00 bits per heavy atom. The van der Waals surface area contributed by atoms with Crippen molar-refractivity contribution in [3.63, 3.8) is 0 Å². The molecule has 0 aliphatic rings. The normalized spacial score (nSPS) is 11.6. The molecule has 1 aromatic heterocycles. The van der Waals surface area contributed by atoms with Gasteiger partial charge < -0.3 is 0 Å². The van der Waals surface area contributed by atoms with Crippen LogP contribution < -0.4 is 0 Å². The van der Waals surface area contributed by atoms with E-state index in [4.69, 9.17) is 0 Å². The predicted octanol–water partition coefficient (Wildman–Crippen LogP) is 3.26. The SMILES string of the molecule is CC(C)c1n[nH]c(C(C)C)c1I. The molecular formula is C9H15IN2. The highest BCUT2D eigenvalue weighted by Gasteiger charge is 2.14. The number of H-pyrrole nitrogens is 1. The Labute approximate surface area is 87.3 Å². The second-order valence-electron chi connectivity index (χ2n) is 3.65. The van der Waals surface area contributed by atoms with Gasteiger partial charge in [-0.3, -0.25) is 5.10 Å². The Hall–Kier alpha value is -0.0600. The van der Waals surface area contributed by atoms with Crippen LogP contribution in [0.5, 0.6) is 0 Å². The monoisotopic (exact) mass is 278 g/mol. The van der Waals surface area contributed by atoms with Gasteiger partial charge in [0.05, 0.1) is 15.0 Å². The van der Waals surface area contributed by atoms with Crippen LogP contribution in [0.3, 0.4) is 0 Å². The minimum absolute atomic E-state index is 0.514. The molecule has 0 aliphatic heterocycles. The summed E-state index contributed by atoms with van der Waals surface area (Å²) in [7, 11) is 0. The maximum absolute atomic E-state index is 4.30. The summed E-state index contributed by atoms with van der Waals surface area (Å²) in [5, 5.41) is 7.40. The van der Waals surface area contributed by atoms with E-state index in [1.54, 1.807) is 0 Å². The van der Waals surface area contributed by atoms with Gasteiger partial charge in [0.15, 0.2) is 0 Å². The van der Waals surface area contributed by atoms with E-state index in [0.717, 1.165) is 0 Å². The Morgan fingerprint density at radius 2 is 1.75 bits per heavy atom. The van der Waals surface area contributed by atoms with Crippen molar-refractivity contribution >= 4 is 22.6 Å². The lowest BCUT2D eigenvalue weighted by Crippen LogP contribution is -1.92. The number of hydrogen-bond acceptors (Lipinski definition) is 1. The van der Waals surface area contributed by atoms with E-state index in [1.807, 2.05) is 0 Å². The van der Waals surface area contributed by atoms with E-state index in [2.05, 4.69) is 60.5 Å². The van der Waals surface area contributed by atoms with Gasteiger partial charge in [0.2, 0.25) is 0 Å². The Morgan fingerprint density at radius 1 is 1.17 bits per heavy atom. The fraction of sp³-hybridized carbons (Fsp3) is 0.667. The van der Waals surface area contributed by atoms with Crippen LogP contribution in [0.2, 0.25) is 0 Å². The largest absolute Gasteiger partial charge is 0.281 e. The maximum atomic E-state index is 4.30. The van der Waals surface area contributed by atoms with Gasteiger partial charge in [0.1, 0.15) is 0 Å². The maximum Gasteiger partial charge on any atom is 0.0783 e. The molecule has 0 atom stereocenters. The van der Waals surface area contributed by atoms with Crippen LogP contribution >= 0.6 is 22.6 Å². The van der Waals surface area contributed by atoms with Crippen LogP contribution in [-0.4, -0.2) is 10.2 Å². The summed E-state index contributed by atoms with van der Waals surface area (Å²) in [6, 6.07) is 0. The zero-order chi connectivity index (χ0) is 9.30. The highest BCUT2D eigenvalue weighted by molar-refractivity contribution is 14.1. The Balaban J connectivity index is 3.04. The van der Waals surface area contributed by atoms with Gasteiger partial charge in [-0.05, 0) is 34.4 Å². The number of rotatable bonds is 2. The zero-order valence-corrected chi connectivity index (χ0v) is 10.1. The average molecular weight is 278 g/mol. The molecule has 12 heavy (non-hydrogen) atoms. The number of hydrogen-bond donors (Lipinski definition) is 1. The van der Waals surface area contributed by atoms with Crippen molar-refractivity contribution in [2.75, 3.05) is 0 Å². The second kappa shape index (κ2) is 3.77. The Kier molecular flexibility index (Phi) is 3.15. The summed E-state index contributed by atoms with van der Waals surface area (Å²) >= 11 is 2.37. The molecule has 0 aliphatic carbocycles. The quantitative estimate of drug-likeness (QED) is 0.826. The van der Waals surface area contributed by atoms with Gasteiger partial charge in [-0.25, -0.2) is 0 Å². The predicted molar refractivity (Wildman–Crippen MR) is 59.5 cm³/mol.